The molecule has 1 rings (SSSR count). The molecule has 0 atom stereocenters. The van der Waals surface area contributed by atoms with Gasteiger partial charge in [0.25, 0.3) is 0 Å². The smallest absolute Gasteiger partial charge is 0.134 e. The van der Waals surface area contributed by atoms with E-state index in [0.717, 1.165) is 15.8 Å². The van der Waals surface area contributed by atoms with Gasteiger partial charge in [0.05, 0.1) is 4.47 Å². The quantitative estimate of drug-likeness (QED) is 0.741. The number of ether oxygens (including phenoxy) is 1. The highest BCUT2D eigenvalue weighted by Crippen LogP contribution is 2.29. The third kappa shape index (κ3) is 2.88. The van der Waals surface area contributed by atoms with Gasteiger partial charge in [-0.1, -0.05) is 12.6 Å². The summed E-state index contributed by atoms with van der Waals surface area (Å²) in [4.78, 5) is 0. The highest BCUT2D eigenvalue weighted by atomic mass is 79.9. The van der Waals surface area contributed by atoms with Crippen LogP contribution in [0.4, 0.5) is 0 Å². The van der Waals surface area contributed by atoms with E-state index in [2.05, 4.69) is 42.4 Å². The van der Waals surface area contributed by atoms with Gasteiger partial charge in [-0.2, -0.15) is 0 Å². The molecule has 1 aromatic carbocycles. The zero-order chi connectivity index (χ0) is 10.7. The van der Waals surface area contributed by atoms with Crippen LogP contribution in [0.15, 0.2) is 28.8 Å². The first-order valence-corrected chi connectivity index (χ1v) is 5.34. The molecule has 76 valence electrons. The highest BCUT2D eigenvalue weighted by Gasteiger charge is 2.04. The Kier molecular flexibility index (Phi) is 3.76. The molecule has 0 amide bonds. The van der Waals surface area contributed by atoms with E-state index in [9.17, 15) is 0 Å². The van der Waals surface area contributed by atoms with Crippen molar-refractivity contribution < 1.29 is 4.74 Å². The van der Waals surface area contributed by atoms with Crippen LogP contribution < -0.4 is 4.74 Å². The summed E-state index contributed by atoms with van der Waals surface area (Å²) in [7, 11) is 0. The fraction of sp³-hybridized carbons (Fsp3) is 0.333. The molecule has 0 aliphatic heterocycles. The molecule has 0 spiro atoms. The lowest BCUT2D eigenvalue weighted by molar-refractivity contribution is 0.350. The first kappa shape index (κ1) is 11.3. The van der Waals surface area contributed by atoms with Crippen LogP contribution in [-0.4, -0.2) is 6.61 Å². The Labute approximate surface area is 93.9 Å². The summed E-state index contributed by atoms with van der Waals surface area (Å²) in [5.41, 5.74) is 3.43. The van der Waals surface area contributed by atoms with Crippen molar-refractivity contribution in [3.63, 3.8) is 0 Å². The average Bonchev–Trinajstić information content (AvgIpc) is 2.08. The molecule has 0 unspecified atom stereocenters. The maximum absolute atomic E-state index is 5.61. The lowest BCUT2D eigenvalue weighted by atomic mass is 10.1. The number of aryl methyl sites for hydroxylation is 2. The summed E-state index contributed by atoms with van der Waals surface area (Å²) in [6.45, 7) is 10.5. The SMILES string of the molecule is C=C(C)COc1cc(C)cc(C)c1Br. The number of benzene rings is 1. The molecule has 0 fully saturated rings. The van der Waals surface area contributed by atoms with Crippen LogP contribution in [0.1, 0.15) is 18.1 Å². The Hall–Kier alpha value is -0.760. The number of rotatable bonds is 3. The van der Waals surface area contributed by atoms with Gasteiger partial charge in [0, 0.05) is 0 Å². The molecule has 1 nitrogen and oxygen atoms in total. The maximum atomic E-state index is 5.61. The summed E-state index contributed by atoms with van der Waals surface area (Å²) in [6.07, 6.45) is 0. The third-order valence-corrected chi connectivity index (χ3v) is 2.86. The van der Waals surface area contributed by atoms with Crippen molar-refractivity contribution in [2.75, 3.05) is 6.61 Å². The van der Waals surface area contributed by atoms with E-state index in [1.54, 1.807) is 0 Å². The number of halogens is 1. The first-order valence-electron chi connectivity index (χ1n) is 4.54. The Morgan fingerprint density at radius 1 is 1.43 bits per heavy atom. The largest absolute Gasteiger partial charge is 0.488 e. The zero-order valence-corrected chi connectivity index (χ0v) is 10.4. The number of hydrogen-bond acceptors (Lipinski definition) is 1. The van der Waals surface area contributed by atoms with Crippen molar-refractivity contribution in [1.82, 2.24) is 0 Å². The van der Waals surface area contributed by atoms with Crippen LogP contribution in [-0.2, 0) is 0 Å². The van der Waals surface area contributed by atoms with E-state index >= 15 is 0 Å². The molecule has 0 radical (unpaired) electrons. The van der Waals surface area contributed by atoms with Gasteiger partial charge < -0.3 is 4.74 Å². The normalized spacial score (nSPS) is 10.0. The van der Waals surface area contributed by atoms with Crippen LogP contribution in [0, 0.1) is 13.8 Å². The van der Waals surface area contributed by atoms with Gasteiger partial charge in [0.2, 0.25) is 0 Å². The van der Waals surface area contributed by atoms with E-state index in [0.29, 0.717) is 6.61 Å². The van der Waals surface area contributed by atoms with E-state index in [4.69, 9.17) is 4.74 Å². The highest BCUT2D eigenvalue weighted by molar-refractivity contribution is 9.10. The van der Waals surface area contributed by atoms with Crippen molar-refractivity contribution in [1.29, 1.82) is 0 Å². The molecule has 0 aliphatic carbocycles. The molecule has 0 N–H and O–H groups in total. The van der Waals surface area contributed by atoms with Gasteiger partial charge in [0.1, 0.15) is 12.4 Å². The topological polar surface area (TPSA) is 9.23 Å². The minimum Gasteiger partial charge on any atom is -0.488 e. The monoisotopic (exact) mass is 254 g/mol. The van der Waals surface area contributed by atoms with Gasteiger partial charge >= 0.3 is 0 Å². The van der Waals surface area contributed by atoms with Gasteiger partial charge in [-0.15, -0.1) is 0 Å². The maximum Gasteiger partial charge on any atom is 0.134 e. The minimum atomic E-state index is 0.571. The van der Waals surface area contributed by atoms with Gasteiger partial charge in [-0.05, 0) is 59.5 Å². The van der Waals surface area contributed by atoms with Crippen molar-refractivity contribution in [3.05, 3.63) is 39.9 Å². The fourth-order valence-corrected chi connectivity index (χ4v) is 1.56. The Balaban J connectivity index is 2.90. The second kappa shape index (κ2) is 4.65. The van der Waals surface area contributed by atoms with Crippen LogP contribution in [0.5, 0.6) is 5.75 Å². The van der Waals surface area contributed by atoms with Crippen molar-refractivity contribution in [2.24, 2.45) is 0 Å². The van der Waals surface area contributed by atoms with Crippen LogP contribution >= 0.6 is 15.9 Å². The molecule has 0 heterocycles. The summed E-state index contributed by atoms with van der Waals surface area (Å²) < 4.78 is 6.65. The molecule has 1 aromatic rings. The predicted octanol–water partition coefficient (Wildman–Crippen LogP) is 4.02. The van der Waals surface area contributed by atoms with Crippen LogP contribution in [0.3, 0.4) is 0 Å². The second-order valence-electron chi connectivity index (χ2n) is 3.64. The van der Waals surface area contributed by atoms with E-state index < -0.39 is 0 Å². The first-order chi connectivity index (χ1) is 6.50. The molecule has 14 heavy (non-hydrogen) atoms. The van der Waals surface area contributed by atoms with Crippen molar-refractivity contribution >= 4 is 15.9 Å². The fourth-order valence-electron chi connectivity index (χ4n) is 1.22. The standard InChI is InChI=1S/C12H15BrO/c1-8(2)7-14-11-6-9(3)5-10(4)12(11)13/h5-6H,1,7H2,2-4H3. The van der Waals surface area contributed by atoms with Crippen LogP contribution in [0.2, 0.25) is 0 Å². The zero-order valence-electron chi connectivity index (χ0n) is 8.86. The van der Waals surface area contributed by atoms with Crippen molar-refractivity contribution in [2.45, 2.75) is 20.8 Å². The molecular weight excluding hydrogens is 240 g/mol. The lowest BCUT2D eigenvalue weighted by Crippen LogP contribution is -1.99. The lowest BCUT2D eigenvalue weighted by Gasteiger charge is -2.10. The van der Waals surface area contributed by atoms with Gasteiger partial charge in [-0.3, -0.25) is 0 Å². The van der Waals surface area contributed by atoms with Crippen LogP contribution in [0.25, 0.3) is 0 Å². The van der Waals surface area contributed by atoms with Gasteiger partial charge in [0.15, 0.2) is 0 Å². The third-order valence-electron chi connectivity index (χ3n) is 1.84. The summed E-state index contributed by atoms with van der Waals surface area (Å²) in [5, 5.41) is 0. The van der Waals surface area contributed by atoms with Gasteiger partial charge in [-0.25, -0.2) is 0 Å². The Morgan fingerprint density at radius 2 is 2.07 bits per heavy atom. The average molecular weight is 255 g/mol. The summed E-state index contributed by atoms with van der Waals surface area (Å²) >= 11 is 3.51. The van der Waals surface area contributed by atoms with E-state index in [1.807, 2.05) is 13.0 Å². The predicted molar refractivity (Wildman–Crippen MR) is 63.9 cm³/mol. The summed E-state index contributed by atoms with van der Waals surface area (Å²) in [6, 6.07) is 4.15. The van der Waals surface area contributed by atoms with E-state index in [1.165, 1.54) is 11.1 Å². The molecule has 0 aromatic heterocycles. The molecule has 0 aliphatic rings. The Morgan fingerprint density at radius 3 is 2.64 bits per heavy atom. The van der Waals surface area contributed by atoms with Crippen molar-refractivity contribution in [3.8, 4) is 5.75 Å². The molecule has 2 heteroatoms. The number of hydrogen-bond donors (Lipinski definition) is 0. The molecule has 0 saturated heterocycles. The second-order valence-corrected chi connectivity index (χ2v) is 4.43. The molecular formula is C12H15BrO. The Bertz CT molecular complexity index is 356. The summed E-state index contributed by atoms with van der Waals surface area (Å²) in [5.74, 6) is 0.894. The minimum absolute atomic E-state index is 0.571. The molecule has 0 bridgehead atoms. The van der Waals surface area contributed by atoms with E-state index in [-0.39, 0.29) is 0 Å². The molecule has 0 saturated carbocycles.